The van der Waals surface area contributed by atoms with E-state index >= 15 is 0 Å². The van der Waals surface area contributed by atoms with Gasteiger partial charge in [-0.15, -0.1) is 0 Å². The van der Waals surface area contributed by atoms with Gasteiger partial charge in [-0.05, 0) is 18.2 Å². The minimum Gasteiger partial charge on any atom is -0.494 e. The van der Waals surface area contributed by atoms with Gasteiger partial charge < -0.3 is 9.47 Å². The lowest BCUT2D eigenvalue weighted by Crippen LogP contribution is -2.02. The molecule has 3 nitrogen and oxygen atoms in total. The van der Waals surface area contributed by atoms with Crippen LogP contribution in [0.5, 0.6) is 5.75 Å². The molecule has 0 aliphatic heterocycles. The maximum atomic E-state index is 12.9. The fourth-order valence-corrected chi connectivity index (χ4v) is 0.919. The molecule has 0 aliphatic rings. The summed E-state index contributed by atoms with van der Waals surface area (Å²) >= 11 is 0. The fourth-order valence-electron chi connectivity index (χ4n) is 0.919. The molecule has 0 heterocycles. The van der Waals surface area contributed by atoms with Gasteiger partial charge in [0.05, 0.1) is 14.2 Å². The molecule has 1 rings (SSSR count). The quantitative estimate of drug-likeness (QED) is 0.561. The molecular weight excluding hydrogens is 173 g/mol. The van der Waals surface area contributed by atoms with Crippen LogP contribution in [-0.2, 0) is 4.74 Å². The molecule has 0 amide bonds. The molecule has 1 aromatic rings. The van der Waals surface area contributed by atoms with E-state index in [-0.39, 0.29) is 11.6 Å². The smallest absolute Gasteiger partial charge is 0.213 e. The molecule has 0 radical (unpaired) electrons. The van der Waals surface area contributed by atoms with E-state index in [1.807, 2.05) is 0 Å². The second-order valence-corrected chi connectivity index (χ2v) is 2.38. The zero-order valence-electron chi connectivity index (χ0n) is 7.43. The molecular formula is C9H10FNO2. The Hall–Kier alpha value is -1.58. The van der Waals surface area contributed by atoms with Gasteiger partial charge in [-0.3, -0.25) is 5.41 Å². The van der Waals surface area contributed by atoms with Crippen LogP contribution in [0.1, 0.15) is 5.56 Å². The van der Waals surface area contributed by atoms with Crippen LogP contribution in [0.15, 0.2) is 18.2 Å². The minimum absolute atomic E-state index is 0.0155. The van der Waals surface area contributed by atoms with Crippen LogP contribution in [0.3, 0.4) is 0 Å². The van der Waals surface area contributed by atoms with Crippen LogP contribution >= 0.6 is 0 Å². The van der Waals surface area contributed by atoms with E-state index in [1.165, 1.54) is 32.4 Å². The molecule has 70 valence electrons. The monoisotopic (exact) mass is 183 g/mol. The minimum atomic E-state index is -0.449. The number of methoxy groups -OCH3 is 2. The summed E-state index contributed by atoms with van der Waals surface area (Å²) in [4.78, 5) is 0. The van der Waals surface area contributed by atoms with Crippen LogP contribution in [0.2, 0.25) is 0 Å². The second-order valence-electron chi connectivity index (χ2n) is 2.38. The van der Waals surface area contributed by atoms with Crippen molar-refractivity contribution in [3.63, 3.8) is 0 Å². The molecule has 0 aromatic heterocycles. The lowest BCUT2D eigenvalue weighted by molar-refractivity contribution is 0.383. The summed E-state index contributed by atoms with van der Waals surface area (Å²) in [6.07, 6.45) is 0. The first-order valence-corrected chi connectivity index (χ1v) is 3.65. The summed E-state index contributed by atoms with van der Waals surface area (Å²) in [7, 11) is 2.76. The Labute approximate surface area is 75.6 Å². The van der Waals surface area contributed by atoms with E-state index in [9.17, 15) is 4.39 Å². The Kier molecular flexibility index (Phi) is 2.84. The summed E-state index contributed by atoms with van der Waals surface area (Å²) < 4.78 is 22.3. The second kappa shape index (κ2) is 3.89. The van der Waals surface area contributed by atoms with E-state index in [4.69, 9.17) is 10.1 Å². The third-order valence-electron chi connectivity index (χ3n) is 1.62. The van der Waals surface area contributed by atoms with Crippen molar-refractivity contribution < 1.29 is 13.9 Å². The number of nitrogens with one attached hydrogen (secondary N) is 1. The third kappa shape index (κ3) is 1.96. The largest absolute Gasteiger partial charge is 0.494 e. The van der Waals surface area contributed by atoms with Crippen molar-refractivity contribution in [1.29, 1.82) is 5.41 Å². The predicted octanol–water partition coefficient (Wildman–Crippen LogP) is 1.81. The molecule has 1 aromatic carbocycles. The van der Waals surface area contributed by atoms with Gasteiger partial charge in [-0.1, -0.05) is 0 Å². The summed E-state index contributed by atoms with van der Waals surface area (Å²) in [5.41, 5.74) is 0.487. The zero-order valence-corrected chi connectivity index (χ0v) is 7.43. The van der Waals surface area contributed by atoms with Crippen molar-refractivity contribution >= 4 is 5.90 Å². The van der Waals surface area contributed by atoms with Gasteiger partial charge in [0, 0.05) is 5.56 Å². The number of halogens is 1. The van der Waals surface area contributed by atoms with Crippen molar-refractivity contribution in [3.05, 3.63) is 29.6 Å². The number of hydrogen-bond acceptors (Lipinski definition) is 3. The Morgan fingerprint density at radius 3 is 2.62 bits per heavy atom. The summed E-state index contributed by atoms with van der Waals surface area (Å²) in [6, 6.07) is 4.12. The Bertz CT molecular complexity index is 325. The molecule has 1 N–H and O–H groups in total. The lowest BCUT2D eigenvalue weighted by Gasteiger charge is -2.05. The first kappa shape index (κ1) is 9.51. The van der Waals surface area contributed by atoms with Gasteiger partial charge >= 0.3 is 0 Å². The zero-order chi connectivity index (χ0) is 9.84. The summed E-state index contributed by atoms with van der Waals surface area (Å²) in [6.45, 7) is 0. The van der Waals surface area contributed by atoms with Crippen molar-refractivity contribution in [3.8, 4) is 5.75 Å². The molecule has 0 saturated carbocycles. The number of hydrogen-bond donors (Lipinski definition) is 1. The number of rotatable bonds is 2. The van der Waals surface area contributed by atoms with Gasteiger partial charge in [0.2, 0.25) is 5.90 Å². The van der Waals surface area contributed by atoms with E-state index < -0.39 is 5.82 Å². The SMILES string of the molecule is COC(=N)c1ccc(F)c(OC)c1. The molecule has 0 spiro atoms. The topological polar surface area (TPSA) is 42.3 Å². The van der Waals surface area contributed by atoms with Crippen LogP contribution in [0.25, 0.3) is 0 Å². The molecule has 0 saturated heterocycles. The third-order valence-corrected chi connectivity index (χ3v) is 1.62. The molecule has 0 aliphatic carbocycles. The van der Waals surface area contributed by atoms with Crippen LogP contribution in [0, 0.1) is 11.2 Å². The standard InChI is InChI=1S/C9H10FNO2/c1-12-8-5-6(9(11)13-2)3-4-7(8)10/h3-5,11H,1-2H3. The maximum absolute atomic E-state index is 12.9. The Balaban J connectivity index is 3.06. The summed E-state index contributed by atoms with van der Waals surface area (Å²) in [5, 5.41) is 7.32. The normalized spacial score (nSPS) is 9.46. The maximum Gasteiger partial charge on any atom is 0.213 e. The van der Waals surface area contributed by atoms with Gasteiger partial charge in [0.25, 0.3) is 0 Å². The van der Waals surface area contributed by atoms with Crippen LogP contribution < -0.4 is 4.74 Å². The highest BCUT2D eigenvalue weighted by atomic mass is 19.1. The number of ether oxygens (including phenoxy) is 2. The average molecular weight is 183 g/mol. The predicted molar refractivity (Wildman–Crippen MR) is 46.8 cm³/mol. The van der Waals surface area contributed by atoms with Crippen molar-refractivity contribution in [1.82, 2.24) is 0 Å². The molecule has 0 atom stereocenters. The van der Waals surface area contributed by atoms with Gasteiger partial charge in [0.15, 0.2) is 11.6 Å². The van der Waals surface area contributed by atoms with E-state index in [0.29, 0.717) is 5.56 Å². The van der Waals surface area contributed by atoms with E-state index in [1.54, 1.807) is 0 Å². The molecule has 4 heteroatoms. The highest BCUT2D eigenvalue weighted by Gasteiger charge is 2.06. The lowest BCUT2D eigenvalue weighted by atomic mass is 10.2. The van der Waals surface area contributed by atoms with E-state index in [2.05, 4.69) is 4.74 Å². The first-order chi connectivity index (χ1) is 6.19. The van der Waals surface area contributed by atoms with Crippen molar-refractivity contribution in [2.24, 2.45) is 0 Å². The first-order valence-electron chi connectivity index (χ1n) is 3.65. The van der Waals surface area contributed by atoms with Gasteiger partial charge in [-0.25, -0.2) is 4.39 Å². The molecule has 0 bridgehead atoms. The number of benzene rings is 1. The van der Waals surface area contributed by atoms with Crippen LogP contribution in [-0.4, -0.2) is 20.1 Å². The van der Waals surface area contributed by atoms with Crippen LogP contribution in [0.4, 0.5) is 4.39 Å². The average Bonchev–Trinajstić information content (AvgIpc) is 2.17. The molecule has 0 fully saturated rings. The Morgan fingerprint density at radius 2 is 2.08 bits per heavy atom. The Morgan fingerprint density at radius 1 is 1.38 bits per heavy atom. The highest BCUT2D eigenvalue weighted by molar-refractivity contribution is 5.91. The highest BCUT2D eigenvalue weighted by Crippen LogP contribution is 2.18. The van der Waals surface area contributed by atoms with E-state index in [0.717, 1.165) is 0 Å². The van der Waals surface area contributed by atoms with Gasteiger partial charge in [0.1, 0.15) is 0 Å². The molecule has 13 heavy (non-hydrogen) atoms. The summed E-state index contributed by atoms with van der Waals surface area (Å²) in [5.74, 6) is -0.354. The van der Waals surface area contributed by atoms with Crippen molar-refractivity contribution in [2.45, 2.75) is 0 Å². The van der Waals surface area contributed by atoms with Gasteiger partial charge in [-0.2, -0.15) is 0 Å². The van der Waals surface area contributed by atoms with Crippen molar-refractivity contribution in [2.75, 3.05) is 14.2 Å². The fraction of sp³-hybridized carbons (Fsp3) is 0.222. The molecule has 0 unspecified atom stereocenters.